The Balaban J connectivity index is 1.23. The van der Waals surface area contributed by atoms with E-state index in [-0.39, 0.29) is 11.8 Å². The summed E-state index contributed by atoms with van der Waals surface area (Å²) in [5.41, 5.74) is 3.62. The Hall–Kier alpha value is -4.06. The molecular formula is C35H44N8O3. The SMILES string of the molecule is CCC(=O)N[C@H]1C[C@@H](n2cnc3c(NCC(c4ccccc4)c4ccccc4)nc(N4CC[C@@H](N5CCCC5)C4)nc32)[C@H](O)[C@@H]1O. The van der Waals surface area contributed by atoms with Crippen molar-refractivity contribution in [3.05, 3.63) is 78.1 Å². The maximum atomic E-state index is 12.2. The second kappa shape index (κ2) is 13.4. The maximum Gasteiger partial charge on any atom is 0.229 e. The predicted octanol–water partition coefficient (Wildman–Crippen LogP) is 3.31. The van der Waals surface area contributed by atoms with Gasteiger partial charge in [-0.1, -0.05) is 67.6 Å². The minimum atomic E-state index is -1.09. The molecule has 2 aromatic heterocycles. The van der Waals surface area contributed by atoms with E-state index in [9.17, 15) is 15.0 Å². The lowest BCUT2D eigenvalue weighted by molar-refractivity contribution is -0.122. The topological polar surface area (TPSA) is 132 Å². The van der Waals surface area contributed by atoms with Crippen LogP contribution in [0.2, 0.25) is 0 Å². The van der Waals surface area contributed by atoms with Gasteiger partial charge in [-0.2, -0.15) is 9.97 Å². The molecule has 4 N–H and O–H groups in total. The average molecular weight is 625 g/mol. The summed E-state index contributed by atoms with van der Waals surface area (Å²) in [6, 6.07) is 20.4. The number of hydrogen-bond donors (Lipinski definition) is 4. The first-order valence-electron chi connectivity index (χ1n) is 16.7. The molecule has 2 aromatic carbocycles. The van der Waals surface area contributed by atoms with Crippen LogP contribution in [-0.2, 0) is 4.79 Å². The number of aromatic nitrogens is 4. The monoisotopic (exact) mass is 624 g/mol. The van der Waals surface area contributed by atoms with E-state index in [1.807, 2.05) is 16.7 Å². The van der Waals surface area contributed by atoms with E-state index in [4.69, 9.17) is 15.0 Å². The van der Waals surface area contributed by atoms with Crippen molar-refractivity contribution >= 4 is 28.8 Å². The number of carbonyl (C=O) groups excluding carboxylic acids is 1. The molecule has 242 valence electrons. The molecule has 0 unspecified atom stereocenters. The molecule has 4 aromatic rings. The largest absolute Gasteiger partial charge is 0.388 e. The van der Waals surface area contributed by atoms with Crippen molar-refractivity contribution in [3.63, 3.8) is 0 Å². The smallest absolute Gasteiger partial charge is 0.229 e. The third-order valence-electron chi connectivity index (χ3n) is 10.1. The maximum absolute atomic E-state index is 12.2. The van der Waals surface area contributed by atoms with Crippen LogP contribution >= 0.6 is 0 Å². The fraction of sp³-hybridized carbons (Fsp3) is 0.486. The molecule has 2 aliphatic heterocycles. The zero-order chi connectivity index (χ0) is 31.6. The molecule has 1 saturated carbocycles. The fourth-order valence-electron chi connectivity index (χ4n) is 7.47. The predicted molar refractivity (Wildman–Crippen MR) is 178 cm³/mol. The Bertz CT molecular complexity index is 1590. The number of nitrogens with one attached hydrogen (secondary N) is 2. The number of aliphatic hydroxyl groups excluding tert-OH is 2. The molecule has 46 heavy (non-hydrogen) atoms. The molecule has 7 rings (SSSR count). The van der Waals surface area contributed by atoms with Gasteiger partial charge in [-0.3, -0.25) is 9.69 Å². The zero-order valence-electron chi connectivity index (χ0n) is 26.4. The standard InChI is InChI=1S/C35H44N8O3/c1-2-29(44)38-27-19-28(32(46)31(27)45)43-22-37-30-33(36-20-26(23-11-5-3-6-12-23)24-13-7-4-8-14-24)39-35(40-34(30)43)42-18-15-25(21-42)41-16-9-10-17-41/h3-8,11-14,22,25-28,31-32,45-46H,2,9-10,15-21H2,1H3,(H,38,44)(H,36,39,40)/t25-,27+,28-,31-,32+/m1/s1. The number of anilines is 2. The van der Waals surface area contributed by atoms with Crippen molar-refractivity contribution in [3.8, 4) is 0 Å². The van der Waals surface area contributed by atoms with Gasteiger partial charge in [0.25, 0.3) is 0 Å². The Morgan fingerprint density at radius 3 is 2.33 bits per heavy atom. The van der Waals surface area contributed by atoms with Crippen molar-refractivity contribution in [1.82, 2.24) is 29.7 Å². The molecule has 5 atom stereocenters. The van der Waals surface area contributed by atoms with Gasteiger partial charge in [0.15, 0.2) is 17.0 Å². The van der Waals surface area contributed by atoms with E-state index < -0.39 is 24.3 Å². The van der Waals surface area contributed by atoms with Crippen LogP contribution in [0, 0.1) is 0 Å². The van der Waals surface area contributed by atoms with Crippen LogP contribution in [0.3, 0.4) is 0 Å². The van der Waals surface area contributed by atoms with Gasteiger partial charge in [0, 0.05) is 38.0 Å². The number of fused-ring (bicyclic) bond motifs is 1. The number of nitrogens with zero attached hydrogens (tertiary/aromatic N) is 6. The number of likely N-dealkylation sites (tertiary alicyclic amines) is 1. The number of carbonyl (C=O) groups is 1. The molecule has 0 radical (unpaired) electrons. The Morgan fingerprint density at radius 2 is 1.65 bits per heavy atom. The number of benzene rings is 2. The van der Waals surface area contributed by atoms with Crippen molar-refractivity contribution in [2.45, 2.75) is 75.3 Å². The second-order valence-corrected chi connectivity index (χ2v) is 12.9. The minimum Gasteiger partial charge on any atom is -0.388 e. The molecule has 4 heterocycles. The van der Waals surface area contributed by atoms with Crippen LogP contribution in [0.15, 0.2) is 67.0 Å². The van der Waals surface area contributed by atoms with Gasteiger partial charge < -0.3 is 30.3 Å². The molecule has 3 aliphatic rings. The summed E-state index contributed by atoms with van der Waals surface area (Å²) in [6.07, 6.45) is 3.77. The van der Waals surface area contributed by atoms with Crippen LogP contribution in [0.5, 0.6) is 0 Å². The van der Waals surface area contributed by atoms with Gasteiger partial charge in [0.1, 0.15) is 12.2 Å². The molecule has 11 heteroatoms. The first kappa shape index (κ1) is 30.6. The summed E-state index contributed by atoms with van der Waals surface area (Å²) in [5.74, 6) is 1.21. The van der Waals surface area contributed by atoms with Crippen molar-refractivity contribution in [1.29, 1.82) is 0 Å². The summed E-state index contributed by atoms with van der Waals surface area (Å²) in [6.45, 7) is 6.40. The molecule has 2 saturated heterocycles. The quantitative estimate of drug-likeness (QED) is 0.210. The first-order chi connectivity index (χ1) is 22.5. The first-order valence-corrected chi connectivity index (χ1v) is 16.7. The Kier molecular flexibility index (Phi) is 8.88. The highest BCUT2D eigenvalue weighted by molar-refractivity contribution is 5.84. The van der Waals surface area contributed by atoms with Crippen LogP contribution in [0.1, 0.15) is 62.1 Å². The zero-order valence-corrected chi connectivity index (χ0v) is 26.4. The van der Waals surface area contributed by atoms with Gasteiger partial charge in [0.2, 0.25) is 11.9 Å². The Morgan fingerprint density at radius 1 is 0.957 bits per heavy atom. The molecule has 1 aliphatic carbocycles. The number of hydrogen-bond acceptors (Lipinski definition) is 9. The number of aliphatic hydroxyl groups is 2. The van der Waals surface area contributed by atoms with Crippen molar-refractivity contribution < 1.29 is 15.0 Å². The van der Waals surface area contributed by atoms with E-state index in [0.29, 0.717) is 48.4 Å². The van der Waals surface area contributed by atoms with Crippen LogP contribution in [0.4, 0.5) is 11.8 Å². The highest BCUT2D eigenvalue weighted by atomic mass is 16.3. The minimum absolute atomic E-state index is 0.0824. The normalized spacial score (nSPS) is 25.1. The van der Waals surface area contributed by atoms with Gasteiger partial charge in [0.05, 0.1) is 18.4 Å². The number of amides is 1. The summed E-state index contributed by atoms with van der Waals surface area (Å²) < 4.78 is 1.86. The van der Waals surface area contributed by atoms with Crippen LogP contribution < -0.4 is 15.5 Å². The number of imidazole rings is 1. The van der Waals surface area contributed by atoms with Crippen molar-refractivity contribution in [2.24, 2.45) is 0 Å². The van der Waals surface area contributed by atoms with E-state index in [2.05, 4.69) is 69.0 Å². The summed E-state index contributed by atoms with van der Waals surface area (Å²) in [5, 5.41) is 28.5. The fourth-order valence-corrected chi connectivity index (χ4v) is 7.47. The summed E-state index contributed by atoms with van der Waals surface area (Å²) in [4.78, 5) is 31.9. The van der Waals surface area contributed by atoms with E-state index >= 15 is 0 Å². The Labute approximate surface area is 269 Å². The number of rotatable bonds is 10. The van der Waals surface area contributed by atoms with Gasteiger partial charge in [-0.05, 0) is 49.9 Å². The van der Waals surface area contributed by atoms with E-state index in [1.165, 1.54) is 24.0 Å². The molecule has 1 amide bonds. The van der Waals surface area contributed by atoms with Crippen LogP contribution in [-0.4, -0.2) is 97.6 Å². The highest BCUT2D eigenvalue weighted by Crippen LogP contribution is 2.36. The van der Waals surface area contributed by atoms with Gasteiger partial charge in [-0.15, -0.1) is 0 Å². The van der Waals surface area contributed by atoms with Crippen LogP contribution in [0.25, 0.3) is 11.2 Å². The van der Waals surface area contributed by atoms with Crippen molar-refractivity contribution in [2.75, 3.05) is 42.9 Å². The lowest BCUT2D eigenvalue weighted by Gasteiger charge is -2.24. The molecular weight excluding hydrogens is 580 g/mol. The average Bonchev–Trinajstić information content (AvgIpc) is 3.91. The lowest BCUT2D eigenvalue weighted by atomic mass is 9.91. The second-order valence-electron chi connectivity index (χ2n) is 12.9. The highest BCUT2D eigenvalue weighted by Gasteiger charge is 2.44. The van der Waals surface area contributed by atoms with Gasteiger partial charge >= 0.3 is 0 Å². The summed E-state index contributed by atoms with van der Waals surface area (Å²) >= 11 is 0. The third kappa shape index (κ3) is 6.06. The van der Waals surface area contributed by atoms with E-state index in [1.54, 1.807) is 13.3 Å². The van der Waals surface area contributed by atoms with Gasteiger partial charge in [-0.25, -0.2) is 4.98 Å². The molecule has 11 nitrogen and oxygen atoms in total. The lowest BCUT2D eigenvalue weighted by Crippen LogP contribution is -2.42. The summed E-state index contributed by atoms with van der Waals surface area (Å²) in [7, 11) is 0. The van der Waals surface area contributed by atoms with E-state index in [0.717, 1.165) is 32.6 Å². The third-order valence-corrected chi connectivity index (χ3v) is 10.1. The molecule has 0 spiro atoms. The molecule has 0 bridgehead atoms. The molecule has 3 fully saturated rings.